The third-order valence-electron chi connectivity index (χ3n) is 2.86. The molecule has 0 aliphatic heterocycles. The molecule has 1 heterocycles. The summed E-state index contributed by atoms with van der Waals surface area (Å²) in [4.78, 5) is 24.9. The quantitative estimate of drug-likeness (QED) is 0.629. The predicted octanol–water partition coefficient (Wildman–Crippen LogP) is 2.77. The normalized spacial score (nSPS) is 10.3. The number of hydrogen-bond acceptors (Lipinski definition) is 4. The third-order valence-corrected chi connectivity index (χ3v) is 4.51. The summed E-state index contributed by atoms with van der Waals surface area (Å²) >= 11 is 2.66. The summed E-state index contributed by atoms with van der Waals surface area (Å²) < 4.78 is 13.8. The molecule has 0 saturated heterocycles. The van der Waals surface area contributed by atoms with Crippen molar-refractivity contribution < 1.29 is 14.0 Å². The smallest absolute Gasteiger partial charge is 0.261 e. The van der Waals surface area contributed by atoms with Gasteiger partial charge in [-0.2, -0.15) is 0 Å². The fourth-order valence-corrected chi connectivity index (χ4v) is 3.08. The highest BCUT2D eigenvalue weighted by Crippen LogP contribution is 2.22. The Morgan fingerprint density at radius 3 is 2.50 bits per heavy atom. The Labute approximate surface area is 136 Å². The van der Waals surface area contributed by atoms with Crippen LogP contribution in [-0.2, 0) is 0 Å². The maximum atomic E-state index is 13.8. The molecule has 0 radical (unpaired) electrons. The van der Waals surface area contributed by atoms with Gasteiger partial charge in [-0.25, -0.2) is 4.39 Å². The van der Waals surface area contributed by atoms with Crippen LogP contribution in [0.1, 0.15) is 20.0 Å². The molecule has 0 bridgehead atoms. The second kappa shape index (κ2) is 7.95. The minimum atomic E-state index is -0.549. The average Bonchev–Trinajstić information content (AvgIpc) is 3.05. The summed E-state index contributed by atoms with van der Waals surface area (Å²) in [5, 5.41) is 7.12. The number of rotatable bonds is 6. The third kappa shape index (κ3) is 4.08. The summed E-state index contributed by atoms with van der Waals surface area (Å²) in [6.07, 6.45) is 1.78. The number of amides is 2. The van der Waals surface area contributed by atoms with E-state index in [1.54, 1.807) is 30.5 Å². The summed E-state index contributed by atoms with van der Waals surface area (Å²) in [5.41, 5.74) is 0.0413. The van der Waals surface area contributed by atoms with Crippen LogP contribution in [0.3, 0.4) is 0 Å². The van der Waals surface area contributed by atoms with Gasteiger partial charge in [0.05, 0.1) is 10.4 Å². The van der Waals surface area contributed by atoms with E-state index < -0.39 is 11.7 Å². The highest BCUT2D eigenvalue weighted by Gasteiger charge is 2.15. The van der Waals surface area contributed by atoms with Crippen LogP contribution in [0.15, 0.2) is 40.6 Å². The van der Waals surface area contributed by atoms with Crippen LogP contribution in [0, 0.1) is 5.82 Å². The lowest BCUT2D eigenvalue weighted by atomic mass is 10.2. The van der Waals surface area contributed by atoms with E-state index in [0.29, 0.717) is 9.77 Å². The van der Waals surface area contributed by atoms with E-state index in [1.807, 2.05) is 5.38 Å². The SMILES string of the molecule is CSc1cccc(F)c1C(=O)NCCNC(=O)c1cccs1. The van der Waals surface area contributed by atoms with Gasteiger partial charge in [-0.05, 0) is 29.8 Å². The Bertz CT molecular complexity index is 660. The van der Waals surface area contributed by atoms with E-state index in [1.165, 1.54) is 29.2 Å². The standard InChI is InChI=1S/C15H15FN2O2S2/c1-21-11-5-2-4-10(16)13(11)15(20)18-8-7-17-14(19)12-6-3-9-22-12/h2-6,9H,7-8H2,1H3,(H,17,19)(H,18,20). The molecule has 0 spiro atoms. The molecule has 0 saturated carbocycles. The molecule has 1 aromatic heterocycles. The number of nitrogens with one attached hydrogen (secondary N) is 2. The second-order valence-corrected chi connectivity index (χ2v) is 6.10. The van der Waals surface area contributed by atoms with Gasteiger partial charge < -0.3 is 10.6 Å². The van der Waals surface area contributed by atoms with Crippen molar-refractivity contribution in [1.29, 1.82) is 0 Å². The lowest BCUT2D eigenvalue weighted by Gasteiger charge is -2.10. The molecule has 0 atom stereocenters. The molecule has 0 fully saturated rings. The lowest BCUT2D eigenvalue weighted by Crippen LogP contribution is -2.35. The fourth-order valence-electron chi connectivity index (χ4n) is 1.83. The Kier molecular flexibility index (Phi) is 5.97. The van der Waals surface area contributed by atoms with Gasteiger partial charge in [0.25, 0.3) is 11.8 Å². The molecular formula is C15H15FN2O2S2. The number of benzene rings is 1. The second-order valence-electron chi connectivity index (χ2n) is 4.31. The van der Waals surface area contributed by atoms with Crippen LogP contribution in [0.2, 0.25) is 0 Å². The van der Waals surface area contributed by atoms with Gasteiger partial charge in [-0.1, -0.05) is 12.1 Å². The average molecular weight is 338 g/mol. The lowest BCUT2D eigenvalue weighted by molar-refractivity contribution is 0.0925. The van der Waals surface area contributed by atoms with E-state index in [9.17, 15) is 14.0 Å². The van der Waals surface area contributed by atoms with Gasteiger partial charge in [-0.15, -0.1) is 23.1 Å². The Morgan fingerprint density at radius 1 is 1.14 bits per heavy atom. The zero-order chi connectivity index (χ0) is 15.9. The Morgan fingerprint density at radius 2 is 1.86 bits per heavy atom. The molecule has 1 aromatic carbocycles. The molecule has 22 heavy (non-hydrogen) atoms. The number of thioether (sulfide) groups is 1. The molecular weight excluding hydrogens is 323 g/mol. The minimum Gasteiger partial charge on any atom is -0.350 e. The molecule has 0 aliphatic carbocycles. The molecule has 2 N–H and O–H groups in total. The van der Waals surface area contributed by atoms with E-state index >= 15 is 0 Å². The topological polar surface area (TPSA) is 58.2 Å². The number of hydrogen-bond donors (Lipinski definition) is 2. The van der Waals surface area contributed by atoms with Gasteiger partial charge in [0.2, 0.25) is 0 Å². The largest absolute Gasteiger partial charge is 0.350 e. The first-order chi connectivity index (χ1) is 10.6. The monoisotopic (exact) mass is 338 g/mol. The van der Waals surface area contributed by atoms with Gasteiger partial charge >= 0.3 is 0 Å². The van der Waals surface area contributed by atoms with Crippen molar-refractivity contribution in [3.8, 4) is 0 Å². The van der Waals surface area contributed by atoms with Gasteiger partial charge in [0.15, 0.2) is 0 Å². The summed E-state index contributed by atoms with van der Waals surface area (Å²) in [6, 6.07) is 8.04. The maximum Gasteiger partial charge on any atom is 0.261 e. The first-order valence-electron chi connectivity index (χ1n) is 6.56. The number of carbonyl (C=O) groups excluding carboxylic acids is 2. The van der Waals surface area contributed by atoms with Gasteiger partial charge in [0, 0.05) is 18.0 Å². The Hall–Kier alpha value is -1.86. The van der Waals surface area contributed by atoms with Crippen LogP contribution in [-0.4, -0.2) is 31.2 Å². The van der Waals surface area contributed by atoms with E-state index in [0.717, 1.165) is 0 Å². The van der Waals surface area contributed by atoms with Crippen molar-refractivity contribution in [2.45, 2.75) is 4.90 Å². The summed E-state index contributed by atoms with van der Waals surface area (Å²) in [6.45, 7) is 0.517. The zero-order valence-corrected chi connectivity index (χ0v) is 13.5. The van der Waals surface area contributed by atoms with Gasteiger partial charge in [0.1, 0.15) is 5.82 Å². The van der Waals surface area contributed by atoms with E-state index in [4.69, 9.17) is 0 Å². The van der Waals surface area contributed by atoms with Crippen molar-refractivity contribution in [2.24, 2.45) is 0 Å². The first kappa shape index (κ1) is 16.5. The molecule has 7 heteroatoms. The highest BCUT2D eigenvalue weighted by atomic mass is 32.2. The minimum absolute atomic E-state index is 0.0413. The van der Waals surface area contributed by atoms with Crippen molar-refractivity contribution in [2.75, 3.05) is 19.3 Å². The number of thiophene rings is 1. The number of halogens is 1. The summed E-state index contributed by atoms with van der Waals surface area (Å²) in [7, 11) is 0. The van der Waals surface area contributed by atoms with Crippen LogP contribution in [0.5, 0.6) is 0 Å². The van der Waals surface area contributed by atoms with Crippen molar-refractivity contribution in [1.82, 2.24) is 10.6 Å². The van der Waals surface area contributed by atoms with Crippen LogP contribution < -0.4 is 10.6 Å². The van der Waals surface area contributed by atoms with E-state index in [-0.39, 0.29) is 24.6 Å². The molecule has 116 valence electrons. The van der Waals surface area contributed by atoms with Crippen molar-refractivity contribution in [3.63, 3.8) is 0 Å². The first-order valence-corrected chi connectivity index (χ1v) is 8.66. The molecule has 0 aliphatic rings. The fraction of sp³-hybridized carbons (Fsp3) is 0.200. The van der Waals surface area contributed by atoms with Crippen molar-refractivity contribution >= 4 is 34.9 Å². The number of carbonyl (C=O) groups is 2. The van der Waals surface area contributed by atoms with Crippen molar-refractivity contribution in [3.05, 3.63) is 52.0 Å². The van der Waals surface area contributed by atoms with Gasteiger partial charge in [-0.3, -0.25) is 9.59 Å². The molecule has 0 unspecified atom stereocenters. The van der Waals surface area contributed by atoms with E-state index in [2.05, 4.69) is 10.6 Å². The summed E-state index contributed by atoms with van der Waals surface area (Å²) in [5.74, 6) is -1.21. The Balaban J connectivity index is 1.85. The molecule has 2 rings (SSSR count). The zero-order valence-electron chi connectivity index (χ0n) is 11.9. The maximum absolute atomic E-state index is 13.8. The molecule has 2 aromatic rings. The highest BCUT2D eigenvalue weighted by molar-refractivity contribution is 7.98. The molecule has 4 nitrogen and oxygen atoms in total. The molecule has 2 amide bonds. The van der Waals surface area contributed by atoms with Crippen LogP contribution in [0.25, 0.3) is 0 Å². The van der Waals surface area contributed by atoms with Crippen LogP contribution >= 0.6 is 23.1 Å². The predicted molar refractivity (Wildman–Crippen MR) is 87.2 cm³/mol. The van der Waals surface area contributed by atoms with Crippen LogP contribution in [0.4, 0.5) is 4.39 Å².